The molecule has 0 saturated heterocycles. The molecule has 3 heterocycles. The van der Waals surface area contributed by atoms with Crippen molar-refractivity contribution in [1.82, 2.24) is 19.5 Å². The summed E-state index contributed by atoms with van der Waals surface area (Å²) in [5, 5.41) is 18.3. The van der Waals surface area contributed by atoms with Gasteiger partial charge >= 0.3 is 0 Å². The molecule has 0 fully saturated rings. The third kappa shape index (κ3) is 5.47. The zero-order valence-electron chi connectivity index (χ0n) is 36.5. The van der Waals surface area contributed by atoms with Crippen LogP contribution in [0.15, 0.2) is 223 Å². The molecule has 0 atom stereocenters. The van der Waals surface area contributed by atoms with E-state index in [1.807, 2.05) is 6.07 Å². The molecule has 0 unspecified atom stereocenters. The quantitative estimate of drug-likeness (QED) is 0.165. The van der Waals surface area contributed by atoms with Crippen molar-refractivity contribution in [3.63, 3.8) is 0 Å². The van der Waals surface area contributed by atoms with Gasteiger partial charge in [-0.15, -0.1) is 0 Å². The Morgan fingerprint density at radius 2 is 0.779 bits per heavy atom. The van der Waals surface area contributed by atoms with E-state index in [2.05, 4.69) is 217 Å². The van der Waals surface area contributed by atoms with E-state index < -0.39 is 0 Å². The maximum atomic E-state index is 6.81. The summed E-state index contributed by atoms with van der Waals surface area (Å²) in [7, 11) is 0. The number of hydrogen-bond donors (Lipinski definition) is 0. The van der Waals surface area contributed by atoms with Crippen LogP contribution in [0.5, 0.6) is 0 Å². The molecule has 0 saturated carbocycles. The number of furan rings is 1. The molecule has 0 radical (unpaired) electrons. The molecule has 5 nitrogen and oxygen atoms in total. The van der Waals surface area contributed by atoms with Gasteiger partial charge in [-0.3, -0.25) is 0 Å². The summed E-state index contributed by atoms with van der Waals surface area (Å²) in [5.74, 6) is 1.81. The predicted octanol–water partition coefficient (Wildman–Crippen LogP) is 16.8. The van der Waals surface area contributed by atoms with Crippen LogP contribution in [-0.2, 0) is 0 Å². The number of fused-ring (bicyclic) bond motifs is 14. The Kier molecular flexibility index (Phi) is 7.72. The minimum atomic E-state index is 0.581. The average molecular weight is 865 g/mol. The highest BCUT2D eigenvalue weighted by Gasteiger charge is 2.22. The third-order valence-electron chi connectivity index (χ3n) is 14.1. The lowest BCUT2D eigenvalue weighted by molar-refractivity contribution is 0.669. The van der Waals surface area contributed by atoms with Crippen molar-refractivity contribution in [3.8, 4) is 39.9 Å². The van der Waals surface area contributed by atoms with Crippen molar-refractivity contribution in [1.29, 1.82) is 0 Å². The topological polar surface area (TPSA) is 56.7 Å². The van der Waals surface area contributed by atoms with Crippen LogP contribution in [0, 0.1) is 0 Å². The molecule has 0 N–H and O–H groups in total. The Morgan fingerprint density at radius 3 is 1.50 bits per heavy atom. The number of aromatic nitrogens is 4. The molecular weight excluding hydrogens is 829 g/mol. The Balaban J connectivity index is 1.02. The van der Waals surface area contributed by atoms with Crippen molar-refractivity contribution in [3.05, 3.63) is 218 Å². The Labute approximate surface area is 388 Å². The summed E-state index contributed by atoms with van der Waals surface area (Å²) >= 11 is 0. The van der Waals surface area contributed by atoms with Gasteiger partial charge in [0.1, 0.15) is 11.2 Å². The first kappa shape index (κ1) is 37.1. The molecule has 3 aromatic heterocycles. The van der Waals surface area contributed by atoms with E-state index in [4.69, 9.17) is 19.4 Å². The molecule has 0 spiro atoms. The third-order valence-corrected chi connectivity index (χ3v) is 14.1. The molecule has 0 aliphatic rings. The number of rotatable bonds is 4. The van der Waals surface area contributed by atoms with Gasteiger partial charge in [-0.25, -0.2) is 15.0 Å². The average Bonchev–Trinajstić information content (AvgIpc) is 3.94. The fraction of sp³-hybridized carbons (Fsp3) is 0. The van der Waals surface area contributed by atoms with Crippen LogP contribution >= 0.6 is 0 Å². The highest BCUT2D eigenvalue weighted by molar-refractivity contribution is 6.23. The van der Waals surface area contributed by atoms with E-state index in [1.54, 1.807) is 0 Å². The van der Waals surface area contributed by atoms with E-state index in [1.165, 1.54) is 37.7 Å². The molecule has 15 rings (SSSR count). The van der Waals surface area contributed by atoms with Crippen molar-refractivity contribution in [2.45, 2.75) is 0 Å². The molecule has 68 heavy (non-hydrogen) atoms. The van der Waals surface area contributed by atoms with E-state index in [0.717, 1.165) is 93.1 Å². The molecule has 314 valence electrons. The van der Waals surface area contributed by atoms with E-state index >= 15 is 0 Å². The molecule has 0 amide bonds. The molecule has 5 heteroatoms. The number of nitrogens with zero attached hydrogens (tertiary/aromatic N) is 4. The summed E-state index contributed by atoms with van der Waals surface area (Å²) in [6.07, 6.45) is 0. The van der Waals surface area contributed by atoms with E-state index in [-0.39, 0.29) is 0 Å². The summed E-state index contributed by atoms with van der Waals surface area (Å²) in [6.45, 7) is 0. The summed E-state index contributed by atoms with van der Waals surface area (Å²) in [4.78, 5) is 16.2. The SMILES string of the molecule is c1ccc2cc3c(cc2c1)c1cc2ccccc2cc1n3-c1ccc2ccc3oc4cccc(-c5nc(-c6cccc7ccccc67)nc(-c6cc7ccccc7c7ccccc67)n5)c4c3c2c1. The van der Waals surface area contributed by atoms with E-state index in [9.17, 15) is 0 Å². The van der Waals surface area contributed by atoms with Gasteiger partial charge in [0.25, 0.3) is 0 Å². The first-order valence-electron chi connectivity index (χ1n) is 23.1. The first-order chi connectivity index (χ1) is 33.7. The van der Waals surface area contributed by atoms with Gasteiger partial charge in [0, 0.05) is 43.9 Å². The Hall–Kier alpha value is -9.19. The Bertz CT molecular complexity index is 4540. The smallest absolute Gasteiger partial charge is 0.164 e. The van der Waals surface area contributed by atoms with Crippen molar-refractivity contribution in [2.75, 3.05) is 0 Å². The lowest BCUT2D eigenvalue weighted by atomic mass is 9.96. The van der Waals surface area contributed by atoms with Gasteiger partial charge < -0.3 is 8.98 Å². The summed E-state index contributed by atoms with van der Waals surface area (Å²) < 4.78 is 9.24. The van der Waals surface area contributed by atoms with Crippen LogP contribution in [0.1, 0.15) is 0 Å². The van der Waals surface area contributed by atoms with Gasteiger partial charge in [-0.2, -0.15) is 0 Å². The highest BCUT2D eigenvalue weighted by atomic mass is 16.3. The normalized spacial score (nSPS) is 12.1. The van der Waals surface area contributed by atoms with Crippen LogP contribution in [0.4, 0.5) is 0 Å². The first-order valence-corrected chi connectivity index (χ1v) is 23.1. The van der Waals surface area contributed by atoms with Crippen molar-refractivity contribution < 1.29 is 4.42 Å². The molecular formula is C63H36N4O. The van der Waals surface area contributed by atoms with Crippen LogP contribution in [0.2, 0.25) is 0 Å². The van der Waals surface area contributed by atoms with Crippen LogP contribution in [-0.4, -0.2) is 19.5 Å². The van der Waals surface area contributed by atoms with Crippen molar-refractivity contribution in [2.24, 2.45) is 0 Å². The summed E-state index contributed by atoms with van der Waals surface area (Å²) in [5.41, 5.74) is 7.77. The maximum Gasteiger partial charge on any atom is 0.164 e. The predicted molar refractivity (Wildman–Crippen MR) is 283 cm³/mol. The number of hydrogen-bond acceptors (Lipinski definition) is 4. The van der Waals surface area contributed by atoms with Gasteiger partial charge in [0.05, 0.1) is 11.0 Å². The van der Waals surface area contributed by atoms with Crippen LogP contribution < -0.4 is 0 Å². The van der Waals surface area contributed by atoms with E-state index in [0.29, 0.717) is 17.5 Å². The number of benzene rings is 12. The van der Waals surface area contributed by atoms with Gasteiger partial charge in [-0.1, -0.05) is 164 Å². The molecule has 15 aromatic rings. The summed E-state index contributed by atoms with van der Waals surface area (Å²) in [6, 6.07) is 78.1. The monoisotopic (exact) mass is 864 g/mol. The zero-order valence-corrected chi connectivity index (χ0v) is 36.5. The van der Waals surface area contributed by atoms with Crippen LogP contribution in [0.3, 0.4) is 0 Å². The minimum absolute atomic E-state index is 0.581. The molecule has 0 aliphatic heterocycles. The largest absolute Gasteiger partial charge is 0.456 e. The van der Waals surface area contributed by atoms with Gasteiger partial charge in [0.15, 0.2) is 17.5 Å². The maximum absolute atomic E-state index is 6.81. The standard InChI is InChI=1S/C63H36N4O/c1-3-16-41-34-55-52(31-39(41)14-1)53-32-40-15-2-4-17-42(40)35-56(53)67(55)44-29-27-38-28-30-58-60(51(38)36-44)59-50(25-12-26-57(59)68-58)62-64-61(49-24-11-19-37-13-5-7-20-45(37)49)65-63(66-62)54-33-43-18-6-8-21-46(43)47-22-9-10-23-48(47)54/h1-36H. The van der Waals surface area contributed by atoms with Crippen LogP contribution in [0.25, 0.3) is 148 Å². The zero-order chi connectivity index (χ0) is 44.5. The lowest BCUT2D eigenvalue weighted by Crippen LogP contribution is -2.01. The minimum Gasteiger partial charge on any atom is -0.456 e. The Morgan fingerprint density at radius 1 is 0.279 bits per heavy atom. The van der Waals surface area contributed by atoms with Crippen molar-refractivity contribution >= 4 is 108 Å². The fourth-order valence-electron chi connectivity index (χ4n) is 11.0. The highest BCUT2D eigenvalue weighted by Crippen LogP contribution is 2.44. The lowest BCUT2D eigenvalue weighted by Gasteiger charge is -2.14. The molecule has 0 bridgehead atoms. The second-order valence-electron chi connectivity index (χ2n) is 17.9. The fourth-order valence-corrected chi connectivity index (χ4v) is 11.0. The molecule has 0 aliphatic carbocycles. The molecule has 12 aromatic carbocycles. The van der Waals surface area contributed by atoms with Gasteiger partial charge in [0.2, 0.25) is 0 Å². The van der Waals surface area contributed by atoms with Gasteiger partial charge in [-0.05, 0) is 119 Å². The second kappa shape index (κ2) is 14.2. The second-order valence-corrected chi connectivity index (χ2v) is 17.9.